The molecule has 7 heteroatoms. The Balaban J connectivity index is 1.45. The highest BCUT2D eigenvalue weighted by atomic mass is 32.1. The Morgan fingerprint density at radius 1 is 1.50 bits per heavy atom. The quantitative estimate of drug-likeness (QED) is 0.493. The third-order valence-electron chi connectivity index (χ3n) is 5.71. The molecule has 2 atom stereocenters. The number of nitrogens with zero attached hydrogens (tertiary/aromatic N) is 2. The minimum absolute atomic E-state index is 0.0280. The molecule has 2 unspecified atom stereocenters. The zero-order valence-corrected chi connectivity index (χ0v) is 16.8. The maximum absolute atomic E-state index is 9.35. The monoisotopic (exact) mass is 380 g/mol. The van der Waals surface area contributed by atoms with Gasteiger partial charge in [-0.1, -0.05) is 0 Å². The molecule has 6 nitrogen and oxygen atoms in total. The van der Waals surface area contributed by atoms with Crippen LogP contribution in [0.2, 0.25) is 0 Å². The average molecular weight is 381 g/mol. The van der Waals surface area contributed by atoms with Crippen LogP contribution in [0.15, 0.2) is 16.4 Å². The maximum atomic E-state index is 9.35. The van der Waals surface area contributed by atoms with Gasteiger partial charge in [0.15, 0.2) is 5.96 Å². The van der Waals surface area contributed by atoms with Gasteiger partial charge in [0.25, 0.3) is 0 Å². The fraction of sp³-hybridized carbons (Fsp3) is 0.737. The van der Waals surface area contributed by atoms with Crippen LogP contribution in [0.5, 0.6) is 0 Å². The van der Waals surface area contributed by atoms with Crippen molar-refractivity contribution >= 4 is 17.3 Å². The lowest BCUT2D eigenvalue weighted by Gasteiger charge is -2.33. The van der Waals surface area contributed by atoms with Gasteiger partial charge in [-0.05, 0) is 43.2 Å². The van der Waals surface area contributed by atoms with Gasteiger partial charge in [-0.15, -0.1) is 11.3 Å². The van der Waals surface area contributed by atoms with Crippen molar-refractivity contribution in [2.24, 2.45) is 10.4 Å². The van der Waals surface area contributed by atoms with Crippen LogP contribution in [0.4, 0.5) is 0 Å². The van der Waals surface area contributed by atoms with Crippen LogP contribution < -0.4 is 10.6 Å². The van der Waals surface area contributed by atoms with Crippen molar-refractivity contribution in [2.75, 3.05) is 46.5 Å². The molecule has 1 aromatic heterocycles. The number of aliphatic hydroxyl groups is 1. The van der Waals surface area contributed by atoms with E-state index in [1.165, 1.54) is 5.56 Å². The van der Waals surface area contributed by atoms with Gasteiger partial charge in [-0.2, -0.15) is 0 Å². The SMILES string of the molecule is CN=C(NCC(C)N1CCc2sccc2C1)NCC1(CCO)CCOC1. The number of hydrogen-bond acceptors (Lipinski definition) is 5. The number of aliphatic hydroxyl groups excluding tert-OH is 1. The maximum Gasteiger partial charge on any atom is 0.191 e. The zero-order valence-electron chi connectivity index (χ0n) is 16.0. The minimum Gasteiger partial charge on any atom is -0.396 e. The van der Waals surface area contributed by atoms with Gasteiger partial charge < -0.3 is 20.5 Å². The van der Waals surface area contributed by atoms with E-state index in [-0.39, 0.29) is 12.0 Å². The van der Waals surface area contributed by atoms with E-state index in [1.54, 1.807) is 4.88 Å². The predicted molar refractivity (Wildman–Crippen MR) is 107 cm³/mol. The summed E-state index contributed by atoms with van der Waals surface area (Å²) < 4.78 is 5.56. The fourth-order valence-electron chi connectivity index (χ4n) is 3.82. The minimum atomic E-state index is 0.0280. The molecule has 1 fully saturated rings. The molecular weight excluding hydrogens is 348 g/mol. The Hall–Kier alpha value is -1.15. The molecule has 0 aliphatic carbocycles. The topological polar surface area (TPSA) is 69.1 Å². The molecule has 2 aliphatic rings. The Kier molecular flexibility index (Phi) is 6.92. The lowest BCUT2D eigenvalue weighted by atomic mass is 9.84. The van der Waals surface area contributed by atoms with Gasteiger partial charge in [0.1, 0.15) is 0 Å². The van der Waals surface area contributed by atoms with Crippen molar-refractivity contribution in [3.8, 4) is 0 Å². The van der Waals surface area contributed by atoms with Crippen LogP contribution in [0.1, 0.15) is 30.2 Å². The first kappa shape index (κ1) is 19.6. The van der Waals surface area contributed by atoms with Crippen LogP contribution in [-0.4, -0.2) is 68.5 Å². The van der Waals surface area contributed by atoms with E-state index >= 15 is 0 Å². The summed E-state index contributed by atoms with van der Waals surface area (Å²) in [5.41, 5.74) is 1.52. The van der Waals surface area contributed by atoms with Crippen molar-refractivity contribution < 1.29 is 9.84 Å². The zero-order chi connectivity index (χ0) is 18.4. The molecular formula is C19H32N4O2S. The lowest BCUT2D eigenvalue weighted by molar-refractivity contribution is 0.127. The second-order valence-corrected chi connectivity index (χ2v) is 8.52. The molecule has 26 heavy (non-hydrogen) atoms. The van der Waals surface area contributed by atoms with Gasteiger partial charge >= 0.3 is 0 Å². The summed E-state index contributed by atoms with van der Waals surface area (Å²) in [4.78, 5) is 8.44. The summed E-state index contributed by atoms with van der Waals surface area (Å²) in [7, 11) is 1.81. The van der Waals surface area contributed by atoms with Gasteiger partial charge in [0.05, 0.1) is 6.61 Å². The van der Waals surface area contributed by atoms with E-state index in [0.717, 1.165) is 58.0 Å². The van der Waals surface area contributed by atoms with Gasteiger partial charge in [0.2, 0.25) is 0 Å². The Morgan fingerprint density at radius 2 is 2.38 bits per heavy atom. The number of aliphatic imine (C=N–C) groups is 1. The van der Waals surface area contributed by atoms with Crippen LogP contribution in [-0.2, 0) is 17.7 Å². The first-order chi connectivity index (χ1) is 12.7. The second kappa shape index (κ2) is 9.17. The predicted octanol–water partition coefficient (Wildman–Crippen LogP) is 1.45. The lowest BCUT2D eigenvalue weighted by Crippen LogP contribution is -2.49. The van der Waals surface area contributed by atoms with Gasteiger partial charge in [0, 0.05) is 62.8 Å². The summed E-state index contributed by atoms with van der Waals surface area (Å²) in [5.74, 6) is 0.828. The molecule has 0 radical (unpaired) electrons. The Bertz CT molecular complexity index is 598. The molecule has 3 heterocycles. The summed E-state index contributed by atoms with van der Waals surface area (Å²) in [6, 6.07) is 2.71. The van der Waals surface area contributed by atoms with Crippen LogP contribution in [0, 0.1) is 5.41 Å². The van der Waals surface area contributed by atoms with E-state index in [0.29, 0.717) is 12.6 Å². The summed E-state index contributed by atoms with van der Waals surface area (Å²) in [6.07, 6.45) is 2.92. The third kappa shape index (κ3) is 4.76. The van der Waals surface area contributed by atoms with Crippen molar-refractivity contribution in [1.82, 2.24) is 15.5 Å². The van der Waals surface area contributed by atoms with E-state index in [2.05, 4.69) is 38.9 Å². The van der Waals surface area contributed by atoms with Crippen molar-refractivity contribution in [3.05, 3.63) is 21.9 Å². The molecule has 1 aromatic rings. The Morgan fingerprint density at radius 3 is 3.12 bits per heavy atom. The Labute approximate surface area is 160 Å². The number of hydrogen-bond donors (Lipinski definition) is 3. The fourth-order valence-corrected chi connectivity index (χ4v) is 4.71. The number of rotatable bonds is 7. The smallest absolute Gasteiger partial charge is 0.191 e. The van der Waals surface area contributed by atoms with Crippen LogP contribution >= 0.6 is 11.3 Å². The number of fused-ring (bicyclic) bond motifs is 1. The molecule has 146 valence electrons. The highest BCUT2D eigenvalue weighted by Crippen LogP contribution is 2.31. The van der Waals surface area contributed by atoms with E-state index in [1.807, 2.05) is 18.4 Å². The van der Waals surface area contributed by atoms with E-state index in [9.17, 15) is 5.11 Å². The molecule has 1 saturated heterocycles. The first-order valence-electron chi connectivity index (χ1n) is 9.58. The van der Waals surface area contributed by atoms with E-state index < -0.39 is 0 Å². The molecule has 0 amide bonds. The normalized spacial score (nSPS) is 25.1. The largest absolute Gasteiger partial charge is 0.396 e. The molecule has 2 aliphatic heterocycles. The molecule has 0 saturated carbocycles. The van der Waals surface area contributed by atoms with Crippen molar-refractivity contribution in [3.63, 3.8) is 0 Å². The standard InChI is InChI=1S/C19H32N4O2S/c1-15(23-7-3-17-16(12-23)4-10-26-17)11-21-18(20-2)22-13-19(5-8-24)6-9-25-14-19/h4,10,15,24H,3,5-9,11-14H2,1-2H3,(H2,20,21,22). The molecule has 3 N–H and O–H groups in total. The summed E-state index contributed by atoms with van der Waals surface area (Å²) >= 11 is 1.88. The van der Waals surface area contributed by atoms with E-state index in [4.69, 9.17) is 4.74 Å². The number of nitrogens with one attached hydrogen (secondary N) is 2. The highest BCUT2D eigenvalue weighted by Gasteiger charge is 2.34. The molecule has 0 bridgehead atoms. The van der Waals surface area contributed by atoms with Crippen LogP contribution in [0.3, 0.4) is 0 Å². The average Bonchev–Trinajstić information content (AvgIpc) is 3.31. The van der Waals surface area contributed by atoms with Crippen molar-refractivity contribution in [1.29, 1.82) is 0 Å². The molecule has 3 rings (SSSR count). The third-order valence-corrected chi connectivity index (χ3v) is 6.73. The molecule has 0 spiro atoms. The van der Waals surface area contributed by atoms with Gasteiger partial charge in [-0.3, -0.25) is 9.89 Å². The number of guanidine groups is 1. The van der Waals surface area contributed by atoms with Gasteiger partial charge in [-0.25, -0.2) is 0 Å². The summed E-state index contributed by atoms with van der Waals surface area (Å²) in [6.45, 7) is 7.79. The number of thiophene rings is 1. The van der Waals surface area contributed by atoms with Crippen molar-refractivity contribution in [2.45, 2.75) is 38.8 Å². The first-order valence-corrected chi connectivity index (χ1v) is 10.5. The number of ether oxygens (including phenoxy) is 1. The van der Waals surface area contributed by atoms with Crippen LogP contribution in [0.25, 0.3) is 0 Å². The highest BCUT2D eigenvalue weighted by molar-refractivity contribution is 7.10. The second-order valence-electron chi connectivity index (χ2n) is 7.52. The summed E-state index contributed by atoms with van der Waals surface area (Å²) in [5, 5.41) is 18.5. The molecule has 0 aromatic carbocycles.